The van der Waals surface area contributed by atoms with Crippen LogP contribution in [-0.2, 0) is 17.6 Å². The van der Waals surface area contributed by atoms with Gasteiger partial charge in [0, 0.05) is 17.7 Å². The van der Waals surface area contributed by atoms with Crippen molar-refractivity contribution >= 4 is 5.97 Å². The van der Waals surface area contributed by atoms with E-state index < -0.39 is 11.5 Å². The summed E-state index contributed by atoms with van der Waals surface area (Å²) in [5, 5.41) is 8.80. The number of aliphatic carboxylic acids is 1. The zero-order valence-corrected chi connectivity index (χ0v) is 12.5. The predicted molar refractivity (Wildman–Crippen MR) is 81.4 cm³/mol. The number of H-pyrrole nitrogens is 1. The lowest BCUT2D eigenvalue weighted by molar-refractivity contribution is -0.136. The Morgan fingerprint density at radius 2 is 2.00 bits per heavy atom. The van der Waals surface area contributed by atoms with E-state index >= 15 is 0 Å². The molecule has 0 fully saturated rings. The summed E-state index contributed by atoms with van der Waals surface area (Å²) in [6.07, 6.45) is 0.146. The second-order valence-corrected chi connectivity index (χ2v) is 4.90. The maximum Gasteiger partial charge on any atom is 0.308 e. The number of aromatic amines is 1. The summed E-state index contributed by atoms with van der Waals surface area (Å²) in [6, 6.07) is 7.54. The molecule has 0 aliphatic heterocycles. The molecular formula is C16H18N2O4. The molecule has 0 radical (unpaired) electrons. The smallest absolute Gasteiger partial charge is 0.308 e. The number of hydrogen-bond donors (Lipinski definition) is 2. The minimum absolute atomic E-state index is 0.197. The zero-order chi connectivity index (χ0) is 16.1. The fourth-order valence-corrected chi connectivity index (χ4v) is 2.18. The third-order valence-electron chi connectivity index (χ3n) is 3.21. The third kappa shape index (κ3) is 3.94. The first-order valence-corrected chi connectivity index (χ1v) is 7.01. The van der Waals surface area contributed by atoms with Crippen LogP contribution in [0.5, 0.6) is 5.75 Å². The van der Waals surface area contributed by atoms with Gasteiger partial charge in [0.05, 0.1) is 13.0 Å². The van der Waals surface area contributed by atoms with Crippen LogP contribution in [0.4, 0.5) is 0 Å². The summed E-state index contributed by atoms with van der Waals surface area (Å²) in [5.41, 5.74) is 1.24. The van der Waals surface area contributed by atoms with E-state index in [1.54, 1.807) is 6.92 Å². The fraction of sp³-hybridized carbons (Fsp3) is 0.312. The van der Waals surface area contributed by atoms with Gasteiger partial charge in [-0.25, -0.2) is 4.98 Å². The second kappa shape index (κ2) is 6.89. The highest BCUT2D eigenvalue weighted by atomic mass is 16.5. The molecule has 0 unspecified atom stereocenters. The van der Waals surface area contributed by atoms with E-state index in [0.717, 1.165) is 11.3 Å². The van der Waals surface area contributed by atoms with Crippen molar-refractivity contribution in [1.82, 2.24) is 9.97 Å². The van der Waals surface area contributed by atoms with Gasteiger partial charge in [-0.05, 0) is 31.5 Å². The van der Waals surface area contributed by atoms with Gasteiger partial charge in [0.1, 0.15) is 11.6 Å². The van der Waals surface area contributed by atoms with E-state index in [2.05, 4.69) is 9.97 Å². The van der Waals surface area contributed by atoms with Crippen LogP contribution in [0.2, 0.25) is 0 Å². The Kier molecular flexibility index (Phi) is 4.93. The topological polar surface area (TPSA) is 92.3 Å². The molecule has 0 spiro atoms. The Morgan fingerprint density at radius 1 is 1.32 bits per heavy atom. The molecule has 22 heavy (non-hydrogen) atoms. The van der Waals surface area contributed by atoms with Crippen molar-refractivity contribution in [2.24, 2.45) is 0 Å². The van der Waals surface area contributed by atoms with E-state index in [1.165, 1.54) is 0 Å². The van der Waals surface area contributed by atoms with Crippen LogP contribution >= 0.6 is 0 Å². The first-order chi connectivity index (χ1) is 10.5. The number of nitrogens with zero attached hydrogens (tertiary/aromatic N) is 1. The number of ether oxygens (including phenoxy) is 1. The van der Waals surface area contributed by atoms with Crippen LogP contribution < -0.4 is 10.3 Å². The quantitative estimate of drug-likeness (QED) is 0.847. The van der Waals surface area contributed by atoms with Crippen LogP contribution in [0.1, 0.15) is 29.6 Å². The van der Waals surface area contributed by atoms with Gasteiger partial charge in [0.2, 0.25) is 0 Å². The highest BCUT2D eigenvalue weighted by Gasteiger charge is 2.12. The summed E-state index contributed by atoms with van der Waals surface area (Å²) < 4.78 is 5.37. The second-order valence-electron chi connectivity index (χ2n) is 4.90. The molecule has 6 nitrogen and oxygen atoms in total. The Morgan fingerprint density at radius 3 is 2.55 bits per heavy atom. The van der Waals surface area contributed by atoms with Crippen molar-refractivity contribution in [3.05, 3.63) is 57.3 Å². The molecule has 0 amide bonds. The van der Waals surface area contributed by atoms with Gasteiger partial charge in [-0.3, -0.25) is 9.59 Å². The number of aryl methyl sites for hydroxylation is 1. The highest BCUT2D eigenvalue weighted by Crippen LogP contribution is 2.14. The molecule has 2 aromatic rings. The Labute approximate surface area is 127 Å². The lowest BCUT2D eigenvalue weighted by Gasteiger charge is -2.07. The minimum atomic E-state index is -1.05. The lowest BCUT2D eigenvalue weighted by Crippen LogP contribution is -2.21. The summed E-state index contributed by atoms with van der Waals surface area (Å²) in [7, 11) is 0. The molecule has 116 valence electrons. The Balaban J connectivity index is 2.19. The van der Waals surface area contributed by atoms with Crippen molar-refractivity contribution in [2.75, 3.05) is 6.61 Å². The van der Waals surface area contributed by atoms with Gasteiger partial charge in [-0.15, -0.1) is 0 Å². The van der Waals surface area contributed by atoms with E-state index in [-0.39, 0.29) is 12.0 Å². The van der Waals surface area contributed by atoms with Gasteiger partial charge in [0.15, 0.2) is 0 Å². The van der Waals surface area contributed by atoms with Crippen molar-refractivity contribution in [3.8, 4) is 5.75 Å². The fourth-order valence-electron chi connectivity index (χ4n) is 2.18. The number of rotatable bonds is 6. The van der Waals surface area contributed by atoms with Crippen molar-refractivity contribution in [2.45, 2.75) is 26.7 Å². The monoisotopic (exact) mass is 302 g/mol. The lowest BCUT2D eigenvalue weighted by atomic mass is 10.1. The first kappa shape index (κ1) is 15.8. The van der Waals surface area contributed by atoms with Gasteiger partial charge in [0.25, 0.3) is 5.56 Å². The number of aromatic nitrogens is 2. The summed E-state index contributed by atoms with van der Waals surface area (Å²) in [6.45, 7) is 4.18. The molecule has 0 atom stereocenters. The molecule has 2 N–H and O–H groups in total. The van der Waals surface area contributed by atoms with E-state index in [1.807, 2.05) is 31.2 Å². The van der Waals surface area contributed by atoms with Crippen molar-refractivity contribution in [1.29, 1.82) is 0 Å². The molecule has 0 bridgehead atoms. The number of carboxylic acids is 1. The number of carboxylic acid groups (broad SMARTS) is 1. The van der Waals surface area contributed by atoms with Gasteiger partial charge in [-0.1, -0.05) is 12.1 Å². The minimum Gasteiger partial charge on any atom is -0.494 e. The van der Waals surface area contributed by atoms with Crippen LogP contribution in [0, 0.1) is 6.92 Å². The third-order valence-corrected chi connectivity index (χ3v) is 3.21. The summed E-state index contributed by atoms with van der Waals surface area (Å²) in [4.78, 5) is 29.6. The molecule has 0 saturated carbocycles. The van der Waals surface area contributed by atoms with Gasteiger partial charge >= 0.3 is 5.97 Å². The molecule has 2 rings (SSSR count). The van der Waals surface area contributed by atoms with E-state index in [0.29, 0.717) is 24.5 Å². The van der Waals surface area contributed by atoms with E-state index in [9.17, 15) is 9.59 Å². The average molecular weight is 302 g/mol. The number of carbonyl (C=O) groups is 1. The maximum atomic E-state index is 11.9. The normalized spacial score (nSPS) is 10.5. The van der Waals surface area contributed by atoms with E-state index in [4.69, 9.17) is 9.84 Å². The molecule has 1 aromatic heterocycles. The maximum absolute atomic E-state index is 11.9. The summed E-state index contributed by atoms with van der Waals surface area (Å²) in [5.74, 6) is 0.260. The highest BCUT2D eigenvalue weighted by molar-refractivity contribution is 5.70. The van der Waals surface area contributed by atoms with Crippen molar-refractivity contribution < 1.29 is 14.6 Å². The molecule has 1 aromatic carbocycles. The van der Waals surface area contributed by atoms with Crippen LogP contribution in [0.3, 0.4) is 0 Å². The standard InChI is InChI=1S/C16H18N2O4/c1-3-22-12-6-4-11(5-7-12)8-14-17-10(2)13(9-15(19)20)16(21)18-14/h4-7H,3,8-9H2,1-2H3,(H,19,20)(H,17,18,21). The molecular weight excluding hydrogens is 284 g/mol. The van der Waals surface area contributed by atoms with Crippen molar-refractivity contribution in [3.63, 3.8) is 0 Å². The Hall–Kier alpha value is -2.63. The van der Waals surface area contributed by atoms with Crippen LogP contribution in [0.25, 0.3) is 0 Å². The number of nitrogens with one attached hydrogen (secondary N) is 1. The van der Waals surface area contributed by atoms with Gasteiger partial charge < -0.3 is 14.8 Å². The predicted octanol–water partition coefficient (Wildman–Crippen LogP) is 1.69. The molecule has 1 heterocycles. The van der Waals surface area contributed by atoms with Crippen LogP contribution in [0.15, 0.2) is 29.1 Å². The zero-order valence-electron chi connectivity index (χ0n) is 12.5. The number of benzene rings is 1. The first-order valence-electron chi connectivity index (χ1n) is 7.01. The SMILES string of the molecule is CCOc1ccc(Cc2nc(C)c(CC(=O)O)c(=O)[nH]2)cc1. The molecule has 0 aliphatic rings. The average Bonchev–Trinajstić information content (AvgIpc) is 2.45. The van der Waals surface area contributed by atoms with Gasteiger partial charge in [-0.2, -0.15) is 0 Å². The molecule has 0 saturated heterocycles. The molecule has 0 aliphatic carbocycles. The summed E-state index contributed by atoms with van der Waals surface area (Å²) >= 11 is 0. The molecule has 6 heteroatoms. The largest absolute Gasteiger partial charge is 0.494 e. The van der Waals surface area contributed by atoms with Crippen LogP contribution in [-0.4, -0.2) is 27.7 Å². The number of hydrogen-bond acceptors (Lipinski definition) is 4. The Bertz CT molecular complexity index is 720.